The van der Waals surface area contributed by atoms with E-state index in [-0.39, 0.29) is 5.54 Å². The van der Waals surface area contributed by atoms with Crippen molar-refractivity contribution in [2.24, 2.45) is 0 Å². The van der Waals surface area contributed by atoms with E-state index < -0.39 is 14.2 Å². The first-order valence-electron chi connectivity index (χ1n) is 9.06. The average Bonchev–Trinajstić information content (AvgIpc) is 2.90. The first-order valence-corrected chi connectivity index (χ1v) is 12.8. The Morgan fingerprint density at radius 2 is 2.08 bits per heavy atom. The van der Waals surface area contributed by atoms with E-state index in [4.69, 9.17) is 4.74 Å². The van der Waals surface area contributed by atoms with E-state index >= 15 is 0 Å². The van der Waals surface area contributed by atoms with Gasteiger partial charge in [-0.3, -0.25) is 0 Å². The largest absolute Gasteiger partial charge is 0.618 e. The van der Waals surface area contributed by atoms with Gasteiger partial charge < -0.3 is 20.4 Å². The van der Waals surface area contributed by atoms with Gasteiger partial charge in [0.2, 0.25) is 5.69 Å². The van der Waals surface area contributed by atoms with Crippen molar-refractivity contribution in [1.29, 1.82) is 0 Å². The highest BCUT2D eigenvalue weighted by atomic mass is 28.3. The quantitative estimate of drug-likeness (QED) is 0.318. The molecule has 0 aliphatic heterocycles. The number of β-amino-alcohol motifs (C(OH)–C–C–N with tert-alkyl or cyclic N) is 1. The standard InChI is InChI=1S/C18H32N4O3Si/c1-18(2,3)19-12-16(23)17-14-11-20-21(15(14)7-8-22(17)24)13-25-9-10-26(4,5)6/h7-8,11,16,19,23H,9-10,12-13H2,1-6H3. The molecule has 1 atom stereocenters. The van der Waals surface area contributed by atoms with Crippen molar-refractivity contribution in [3.63, 3.8) is 0 Å². The lowest BCUT2D eigenvalue weighted by atomic mass is 10.1. The van der Waals surface area contributed by atoms with Crippen molar-refractivity contribution in [3.8, 4) is 0 Å². The molecule has 26 heavy (non-hydrogen) atoms. The monoisotopic (exact) mass is 380 g/mol. The second-order valence-corrected chi connectivity index (χ2v) is 14.6. The molecule has 0 aromatic carbocycles. The fourth-order valence-corrected chi connectivity index (χ4v) is 3.32. The number of aliphatic hydroxyl groups excluding tert-OH is 1. The Hall–Kier alpha value is -1.48. The molecule has 2 aromatic heterocycles. The third-order valence-electron chi connectivity index (χ3n) is 4.11. The van der Waals surface area contributed by atoms with Crippen LogP contribution in [-0.4, -0.2) is 41.7 Å². The Morgan fingerprint density at radius 1 is 1.38 bits per heavy atom. The second kappa shape index (κ2) is 8.04. The van der Waals surface area contributed by atoms with Gasteiger partial charge in [-0.05, 0) is 26.8 Å². The summed E-state index contributed by atoms with van der Waals surface area (Å²) in [5, 5.41) is 31.0. The minimum atomic E-state index is -1.13. The lowest BCUT2D eigenvalue weighted by molar-refractivity contribution is -0.616. The topological polar surface area (TPSA) is 86.2 Å². The molecule has 2 aromatic rings. The van der Waals surface area contributed by atoms with Crippen LogP contribution in [0.3, 0.4) is 0 Å². The Morgan fingerprint density at radius 3 is 2.69 bits per heavy atom. The van der Waals surface area contributed by atoms with Crippen LogP contribution in [0.25, 0.3) is 10.9 Å². The van der Waals surface area contributed by atoms with Crippen LogP contribution in [0.1, 0.15) is 32.6 Å². The number of pyridine rings is 1. The maximum absolute atomic E-state index is 12.2. The van der Waals surface area contributed by atoms with Gasteiger partial charge >= 0.3 is 0 Å². The molecule has 0 spiro atoms. The molecule has 2 heterocycles. The number of hydrogen-bond acceptors (Lipinski definition) is 5. The zero-order valence-electron chi connectivity index (χ0n) is 16.7. The highest BCUT2D eigenvalue weighted by molar-refractivity contribution is 6.76. The van der Waals surface area contributed by atoms with Gasteiger partial charge in [0.25, 0.3) is 0 Å². The van der Waals surface area contributed by atoms with Gasteiger partial charge in [0, 0.05) is 32.8 Å². The molecule has 0 bridgehead atoms. The van der Waals surface area contributed by atoms with E-state index in [1.807, 2.05) is 20.8 Å². The smallest absolute Gasteiger partial charge is 0.233 e. The van der Waals surface area contributed by atoms with Crippen molar-refractivity contribution in [3.05, 3.63) is 29.4 Å². The molecule has 0 radical (unpaired) electrons. The second-order valence-electron chi connectivity index (χ2n) is 8.96. The Bertz CT molecular complexity index is 734. The van der Waals surface area contributed by atoms with Crippen LogP contribution in [0.5, 0.6) is 0 Å². The molecule has 2 N–H and O–H groups in total. The molecular weight excluding hydrogens is 348 g/mol. The van der Waals surface area contributed by atoms with Gasteiger partial charge in [-0.25, -0.2) is 4.68 Å². The third-order valence-corrected chi connectivity index (χ3v) is 5.82. The summed E-state index contributed by atoms with van der Waals surface area (Å²) in [6.07, 6.45) is 2.13. The number of hydrogen-bond donors (Lipinski definition) is 2. The maximum atomic E-state index is 12.2. The number of nitrogens with zero attached hydrogens (tertiary/aromatic N) is 3. The van der Waals surface area contributed by atoms with Crippen LogP contribution >= 0.6 is 0 Å². The van der Waals surface area contributed by atoms with Crippen LogP contribution in [0.15, 0.2) is 18.5 Å². The van der Waals surface area contributed by atoms with Gasteiger partial charge in [-0.15, -0.1) is 0 Å². The van der Waals surface area contributed by atoms with E-state index in [1.54, 1.807) is 16.9 Å². The first-order chi connectivity index (χ1) is 12.0. The fraction of sp³-hybridized carbons (Fsp3) is 0.667. The van der Waals surface area contributed by atoms with Crippen molar-refractivity contribution in [2.75, 3.05) is 13.2 Å². The summed E-state index contributed by atoms with van der Waals surface area (Å²) in [5.74, 6) is 0. The summed E-state index contributed by atoms with van der Waals surface area (Å²) in [7, 11) is -1.13. The fourth-order valence-electron chi connectivity index (χ4n) is 2.56. The number of ether oxygens (including phenoxy) is 1. The zero-order valence-corrected chi connectivity index (χ0v) is 17.7. The third kappa shape index (κ3) is 5.77. The number of aromatic nitrogens is 3. The highest BCUT2D eigenvalue weighted by Crippen LogP contribution is 2.21. The van der Waals surface area contributed by atoms with Crippen LogP contribution in [0.4, 0.5) is 0 Å². The van der Waals surface area contributed by atoms with Crippen molar-refractivity contribution < 1.29 is 14.6 Å². The minimum Gasteiger partial charge on any atom is -0.618 e. The molecule has 7 nitrogen and oxygen atoms in total. The van der Waals surface area contributed by atoms with Gasteiger partial charge in [0.05, 0.1) is 17.1 Å². The molecule has 2 rings (SSSR count). The van der Waals surface area contributed by atoms with Crippen LogP contribution in [0, 0.1) is 5.21 Å². The Balaban J connectivity index is 2.14. The Kier molecular flexibility index (Phi) is 6.44. The molecule has 0 saturated heterocycles. The summed E-state index contributed by atoms with van der Waals surface area (Å²) in [4.78, 5) is 0. The van der Waals surface area contributed by atoms with E-state index in [0.717, 1.165) is 16.3 Å². The first kappa shape index (κ1) is 20.8. The highest BCUT2D eigenvalue weighted by Gasteiger charge is 2.24. The lowest BCUT2D eigenvalue weighted by Gasteiger charge is -2.22. The SMILES string of the molecule is CC(C)(C)NCC(O)c1c2cnn(COCC[Si](C)(C)C)c2cc[n+]1[O-]. The molecule has 0 aliphatic carbocycles. The lowest BCUT2D eigenvalue weighted by Crippen LogP contribution is -2.42. The maximum Gasteiger partial charge on any atom is 0.233 e. The van der Waals surface area contributed by atoms with Crippen molar-refractivity contribution >= 4 is 19.0 Å². The van der Waals surface area contributed by atoms with Crippen LogP contribution in [-0.2, 0) is 11.5 Å². The van der Waals surface area contributed by atoms with Crippen LogP contribution < -0.4 is 10.0 Å². The molecule has 0 saturated carbocycles. The number of nitrogens with one attached hydrogen (secondary N) is 1. The van der Waals surface area contributed by atoms with Gasteiger partial charge in [0.1, 0.15) is 6.73 Å². The van der Waals surface area contributed by atoms with Crippen LogP contribution in [0.2, 0.25) is 25.7 Å². The molecule has 146 valence electrons. The van der Waals surface area contributed by atoms with Crippen molar-refractivity contribution in [2.45, 2.75) is 64.8 Å². The molecular formula is C18H32N4O3Si. The summed E-state index contributed by atoms with van der Waals surface area (Å²) >= 11 is 0. The predicted octanol–water partition coefficient (Wildman–Crippen LogP) is 2.40. The normalized spacial score (nSPS) is 14.1. The molecule has 0 fully saturated rings. The zero-order chi connectivity index (χ0) is 19.5. The molecule has 0 aliphatic rings. The summed E-state index contributed by atoms with van der Waals surface area (Å²) in [6, 6.07) is 2.81. The summed E-state index contributed by atoms with van der Waals surface area (Å²) < 4.78 is 8.21. The molecule has 1 unspecified atom stereocenters. The number of aliphatic hydroxyl groups is 1. The Labute approximate surface area is 156 Å². The predicted molar refractivity (Wildman–Crippen MR) is 106 cm³/mol. The molecule has 8 heteroatoms. The average molecular weight is 381 g/mol. The van der Waals surface area contributed by atoms with E-state index in [9.17, 15) is 10.3 Å². The van der Waals surface area contributed by atoms with Gasteiger partial charge in [-0.1, -0.05) is 19.6 Å². The number of rotatable bonds is 8. The van der Waals surface area contributed by atoms with E-state index in [2.05, 4.69) is 30.1 Å². The van der Waals surface area contributed by atoms with Gasteiger partial charge in [-0.2, -0.15) is 9.83 Å². The van der Waals surface area contributed by atoms with E-state index in [1.165, 1.54) is 6.20 Å². The molecule has 0 amide bonds. The number of fused-ring (bicyclic) bond motifs is 1. The summed E-state index contributed by atoms with van der Waals surface area (Å²) in [6.45, 7) is 14.3. The van der Waals surface area contributed by atoms with Gasteiger partial charge in [0.15, 0.2) is 12.3 Å². The van der Waals surface area contributed by atoms with Crippen molar-refractivity contribution in [1.82, 2.24) is 15.1 Å². The summed E-state index contributed by atoms with van der Waals surface area (Å²) in [5.41, 5.74) is 0.958. The minimum absolute atomic E-state index is 0.142. The van der Waals surface area contributed by atoms with E-state index in [0.29, 0.717) is 31.0 Å².